The monoisotopic (exact) mass is 400 g/mol. The number of pyridine rings is 2. The Hall–Kier alpha value is -3.23. The molecule has 0 aromatic carbocycles. The summed E-state index contributed by atoms with van der Waals surface area (Å²) in [5.41, 5.74) is 2.81. The number of anilines is 2. The zero-order chi connectivity index (χ0) is 20.4. The SMILES string of the molecule is CC1c2cnc(-c3ccccn3)nc2CCN1c1cc(NCC(F)F)cc(F)n1. The highest BCUT2D eigenvalue weighted by atomic mass is 19.3. The first-order valence-electron chi connectivity index (χ1n) is 9.24. The standard InChI is InChI=1S/C20H19F3N6/c1-12-14-10-26-20(16-4-2-3-6-24-16)27-15(14)5-7-29(12)19-9-13(8-18(23)28-19)25-11-17(21)22/h2-4,6,8-10,12,17H,5,7,11H2,1H3,(H,25,28). The van der Waals surface area contributed by atoms with Gasteiger partial charge in [0, 0.05) is 48.7 Å². The number of aromatic nitrogens is 4. The summed E-state index contributed by atoms with van der Waals surface area (Å²) in [6.07, 6.45) is 1.55. The molecule has 0 aliphatic carbocycles. The molecule has 1 unspecified atom stereocenters. The molecule has 3 aromatic heterocycles. The van der Waals surface area contributed by atoms with Gasteiger partial charge in [0.2, 0.25) is 5.95 Å². The van der Waals surface area contributed by atoms with E-state index in [-0.39, 0.29) is 11.7 Å². The second kappa shape index (κ2) is 8.02. The molecular weight excluding hydrogens is 381 g/mol. The van der Waals surface area contributed by atoms with Gasteiger partial charge in [-0.25, -0.2) is 23.7 Å². The van der Waals surface area contributed by atoms with Crippen molar-refractivity contribution in [3.63, 3.8) is 0 Å². The van der Waals surface area contributed by atoms with Crippen molar-refractivity contribution in [1.29, 1.82) is 0 Å². The Bertz CT molecular complexity index is 999. The van der Waals surface area contributed by atoms with Crippen molar-refractivity contribution in [2.45, 2.75) is 25.8 Å². The van der Waals surface area contributed by atoms with Crippen molar-refractivity contribution in [3.8, 4) is 11.5 Å². The lowest BCUT2D eigenvalue weighted by Gasteiger charge is -2.35. The van der Waals surface area contributed by atoms with Crippen LogP contribution in [0.5, 0.6) is 0 Å². The number of hydrogen-bond acceptors (Lipinski definition) is 6. The van der Waals surface area contributed by atoms with Crippen LogP contribution in [-0.2, 0) is 6.42 Å². The van der Waals surface area contributed by atoms with Crippen LogP contribution in [0.2, 0.25) is 0 Å². The van der Waals surface area contributed by atoms with Gasteiger partial charge in [-0.15, -0.1) is 0 Å². The van der Waals surface area contributed by atoms with Gasteiger partial charge in [0.1, 0.15) is 11.5 Å². The van der Waals surface area contributed by atoms with E-state index < -0.39 is 18.9 Å². The number of nitrogens with one attached hydrogen (secondary N) is 1. The van der Waals surface area contributed by atoms with Crippen LogP contribution in [0.15, 0.2) is 42.7 Å². The van der Waals surface area contributed by atoms with Gasteiger partial charge in [-0.3, -0.25) is 4.98 Å². The molecule has 0 saturated heterocycles. The lowest BCUT2D eigenvalue weighted by Crippen LogP contribution is -2.35. The number of alkyl halides is 2. The molecule has 0 fully saturated rings. The molecule has 0 amide bonds. The molecule has 0 spiro atoms. The highest BCUT2D eigenvalue weighted by molar-refractivity contribution is 5.56. The van der Waals surface area contributed by atoms with Crippen LogP contribution in [0.3, 0.4) is 0 Å². The van der Waals surface area contributed by atoms with E-state index >= 15 is 0 Å². The van der Waals surface area contributed by atoms with Crippen molar-refractivity contribution >= 4 is 11.5 Å². The van der Waals surface area contributed by atoms with E-state index in [4.69, 9.17) is 0 Å². The van der Waals surface area contributed by atoms with Gasteiger partial charge in [0.15, 0.2) is 5.82 Å². The maximum Gasteiger partial charge on any atom is 0.255 e. The van der Waals surface area contributed by atoms with Gasteiger partial charge in [-0.2, -0.15) is 4.39 Å². The Morgan fingerprint density at radius 1 is 1.21 bits per heavy atom. The van der Waals surface area contributed by atoms with Gasteiger partial charge in [0.25, 0.3) is 6.43 Å². The van der Waals surface area contributed by atoms with Crippen LogP contribution >= 0.6 is 0 Å². The maximum absolute atomic E-state index is 14.0. The predicted octanol–water partition coefficient (Wildman–Crippen LogP) is 3.87. The van der Waals surface area contributed by atoms with Gasteiger partial charge < -0.3 is 10.2 Å². The minimum absolute atomic E-state index is 0.145. The molecule has 4 rings (SSSR count). The summed E-state index contributed by atoms with van der Waals surface area (Å²) in [6.45, 7) is 1.98. The summed E-state index contributed by atoms with van der Waals surface area (Å²) in [7, 11) is 0. The zero-order valence-corrected chi connectivity index (χ0v) is 15.7. The highest BCUT2D eigenvalue weighted by Crippen LogP contribution is 2.33. The molecule has 1 atom stereocenters. The third kappa shape index (κ3) is 4.13. The van der Waals surface area contributed by atoms with Crippen molar-refractivity contribution in [2.75, 3.05) is 23.3 Å². The van der Waals surface area contributed by atoms with Crippen LogP contribution in [0.4, 0.5) is 24.7 Å². The van der Waals surface area contributed by atoms with Crippen molar-refractivity contribution in [2.24, 2.45) is 0 Å². The summed E-state index contributed by atoms with van der Waals surface area (Å²) in [6, 6.07) is 8.11. The smallest absolute Gasteiger partial charge is 0.255 e. The lowest BCUT2D eigenvalue weighted by atomic mass is 9.99. The second-order valence-electron chi connectivity index (χ2n) is 6.74. The van der Waals surface area contributed by atoms with E-state index in [1.54, 1.807) is 18.5 Å². The molecule has 0 saturated carbocycles. The van der Waals surface area contributed by atoms with Crippen LogP contribution in [0, 0.1) is 5.95 Å². The summed E-state index contributed by atoms with van der Waals surface area (Å²) < 4.78 is 38.9. The second-order valence-corrected chi connectivity index (χ2v) is 6.74. The molecule has 0 radical (unpaired) electrons. The molecule has 6 nitrogen and oxygen atoms in total. The quantitative estimate of drug-likeness (QED) is 0.656. The molecule has 1 N–H and O–H groups in total. The minimum atomic E-state index is -2.53. The average molecular weight is 400 g/mol. The topological polar surface area (TPSA) is 66.8 Å². The van der Waals surface area contributed by atoms with Crippen LogP contribution < -0.4 is 10.2 Å². The molecule has 3 aromatic rings. The average Bonchev–Trinajstić information content (AvgIpc) is 2.72. The van der Waals surface area contributed by atoms with Crippen LogP contribution in [0.25, 0.3) is 11.5 Å². The first kappa shape index (κ1) is 19.1. The fourth-order valence-corrected chi connectivity index (χ4v) is 3.42. The minimum Gasteiger partial charge on any atom is -0.379 e. The molecule has 29 heavy (non-hydrogen) atoms. The van der Waals surface area contributed by atoms with Crippen LogP contribution in [-0.4, -0.2) is 39.5 Å². The van der Waals surface area contributed by atoms with E-state index in [1.807, 2.05) is 30.0 Å². The Kier molecular flexibility index (Phi) is 5.28. The number of halogens is 3. The van der Waals surface area contributed by atoms with Crippen molar-refractivity contribution in [1.82, 2.24) is 19.9 Å². The van der Waals surface area contributed by atoms with E-state index in [9.17, 15) is 13.2 Å². The van der Waals surface area contributed by atoms with E-state index in [0.717, 1.165) is 17.3 Å². The number of hydrogen-bond donors (Lipinski definition) is 1. The lowest BCUT2D eigenvalue weighted by molar-refractivity contribution is 0.163. The molecule has 150 valence electrons. The molecule has 9 heteroatoms. The number of fused-ring (bicyclic) bond motifs is 1. The predicted molar refractivity (Wildman–Crippen MR) is 103 cm³/mol. The maximum atomic E-state index is 14.0. The summed E-state index contributed by atoms with van der Waals surface area (Å²) >= 11 is 0. The Morgan fingerprint density at radius 3 is 2.83 bits per heavy atom. The summed E-state index contributed by atoms with van der Waals surface area (Å²) in [5, 5.41) is 2.54. The first-order chi connectivity index (χ1) is 14.0. The fourth-order valence-electron chi connectivity index (χ4n) is 3.42. The van der Waals surface area contributed by atoms with Crippen molar-refractivity contribution in [3.05, 3.63) is 59.9 Å². The molecule has 4 heterocycles. The zero-order valence-electron chi connectivity index (χ0n) is 15.7. The third-order valence-electron chi connectivity index (χ3n) is 4.84. The van der Waals surface area contributed by atoms with Crippen molar-refractivity contribution < 1.29 is 13.2 Å². The Balaban J connectivity index is 1.60. The van der Waals surface area contributed by atoms with Crippen LogP contribution in [0.1, 0.15) is 24.2 Å². The van der Waals surface area contributed by atoms with Gasteiger partial charge in [-0.05, 0) is 19.1 Å². The molecule has 1 aliphatic rings. The van der Waals surface area contributed by atoms with E-state index in [0.29, 0.717) is 30.3 Å². The summed E-state index contributed by atoms with van der Waals surface area (Å²) in [5.74, 6) is 0.222. The fraction of sp³-hybridized carbons (Fsp3) is 0.300. The number of rotatable bonds is 5. The highest BCUT2D eigenvalue weighted by Gasteiger charge is 2.27. The number of nitrogens with zero attached hydrogens (tertiary/aromatic N) is 5. The normalized spacial score (nSPS) is 16.0. The first-order valence-corrected chi connectivity index (χ1v) is 9.24. The van der Waals surface area contributed by atoms with Gasteiger partial charge >= 0.3 is 0 Å². The van der Waals surface area contributed by atoms with Gasteiger partial charge in [-0.1, -0.05) is 6.07 Å². The van der Waals surface area contributed by atoms with E-state index in [2.05, 4.69) is 25.3 Å². The Labute approximate surface area is 165 Å². The molecular formula is C20H19F3N6. The van der Waals surface area contributed by atoms with Gasteiger partial charge in [0.05, 0.1) is 18.3 Å². The molecule has 1 aliphatic heterocycles. The largest absolute Gasteiger partial charge is 0.379 e. The third-order valence-corrected chi connectivity index (χ3v) is 4.84. The van der Waals surface area contributed by atoms with E-state index in [1.165, 1.54) is 0 Å². The Morgan fingerprint density at radius 2 is 2.07 bits per heavy atom. The molecule has 0 bridgehead atoms. The summed E-state index contributed by atoms with van der Waals surface area (Å²) in [4.78, 5) is 19.2.